The van der Waals surface area contributed by atoms with Gasteiger partial charge < -0.3 is 11.1 Å². The molecular formula is C14H15FN8. The molecule has 23 heavy (non-hydrogen) atoms. The van der Waals surface area contributed by atoms with Crippen molar-refractivity contribution in [3.05, 3.63) is 47.6 Å². The standard InChI is InChI=1S/C14H15FN8/c1-7-3-11(23-22-7)20-13-10(6-19-14(16)21-13)8(2)12-17-4-9(15)5-18-12/h3-6,8H,1-2H3,(H4,16,19,20,21,22,23)/t8-/m0/s1. The number of anilines is 3. The van der Waals surface area contributed by atoms with Gasteiger partial charge in [0.1, 0.15) is 11.6 Å². The summed E-state index contributed by atoms with van der Waals surface area (Å²) < 4.78 is 13.0. The topological polar surface area (TPSA) is 118 Å². The van der Waals surface area contributed by atoms with Gasteiger partial charge in [-0.2, -0.15) is 10.1 Å². The van der Waals surface area contributed by atoms with Gasteiger partial charge in [-0.15, -0.1) is 0 Å². The quantitative estimate of drug-likeness (QED) is 0.673. The zero-order valence-electron chi connectivity index (χ0n) is 12.6. The van der Waals surface area contributed by atoms with Gasteiger partial charge in [0.15, 0.2) is 11.6 Å². The maximum atomic E-state index is 13.0. The van der Waals surface area contributed by atoms with Gasteiger partial charge >= 0.3 is 0 Å². The van der Waals surface area contributed by atoms with Crippen molar-refractivity contribution in [1.29, 1.82) is 0 Å². The van der Waals surface area contributed by atoms with Gasteiger partial charge in [-0.3, -0.25) is 5.10 Å². The highest BCUT2D eigenvalue weighted by Crippen LogP contribution is 2.28. The Morgan fingerprint density at radius 2 is 1.96 bits per heavy atom. The van der Waals surface area contributed by atoms with E-state index in [2.05, 4.69) is 35.5 Å². The van der Waals surface area contributed by atoms with Crippen LogP contribution in [0.2, 0.25) is 0 Å². The van der Waals surface area contributed by atoms with E-state index in [1.165, 1.54) is 0 Å². The normalized spacial score (nSPS) is 12.1. The van der Waals surface area contributed by atoms with Crippen molar-refractivity contribution >= 4 is 17.6 Å². The fourth-order valence-corrected chi connectivity index (χ4v) is 2.11. The molecule has 0 fully saturated rings. The second-order valence-electron chi connectivity index (χ2n) is 5.07. The first kappa shape index (κ1) is 14.8. The lowest BCUT2D eigenvalue weighted by atomic mass is 10.0. The number of halogens is 1. The van der Waals surface area contributed by atoms with Crippen molar-refractivity contribution in [2.75, 3.05) is 11.1 Å². The van der Waals surface area contributed by atoms with E-state index in [0.29, 0.717) is 17.5 Å². The van der Waals surface area contributed by atoms with Crippen LogP contribution in [-0.2, 0) is 0 Å². The molecule has 0 saturated carbocycles. The van der Waals surface area contributed by atoms with Crippen molar-refractivity contribution in [3.8, 4) is 0 Å². The zero-order valence-corrected chi connectivity index (χ0v) is 12.6. The summed E-state index contributed by atoms with van der Waals surface area (Å²) in [4.78, 5) is 16.2. The molecule has 0 spiro atoms. The number of nitrogens with two attached hydrogens (primary N) is 1. The number of aromatic nitrogens is 6. The molecule has 0 radical (unpaired) electrons. The second kappa shape index (κ2) is 5.95. The smallest absolute Gasteiger partial charge is 0.221 e. The Kier molecular flexibility index (Phi) is 3.83. The largest absolute Gasteiger partial charge is 0.368 e. The molecule has 0 unspecified atom stereocenters. The SMILES string of the molecule is Cc1cc(Nc2nc(N)ncc2[C@H](C)c2ncc(F)cn2)n[nH]1. The van der Waals surface area contributed by atoms with E-state index in [1.54, 1.807) is 6.20 Å². The Labute approximate surface area is 131 Å². The van der Waals surface area contributed by atoms with Crippen molar-refractivity contribution in [1.82, 2.24) is 30.1 Å². The van der Waals surface area contributed by atoms with Crippen molar-refractivity contribution in [2.45, 2.75) is 19.8 Å². The summed E-state index contributed by atoms with van der Waals surface area (Å²) in [5.74, 6) is 0.967. The summed E-state index contributed by atoms with van der Waals surface area (Å²) in [6.07, 6.45) is 3.85. The minimum atomic E-state index is -0.486. The first-order chi connectivity index (χ1) is 11.0. The predicted octanol–water partition coefficient (Wildman–Crippen LogP) is 1.91. The first-order valence-electron chi connectivity index (χ1n) is 6.92. The molecule has 0 amide bonds. The summed E-state index contributed by atoms with van der Waals surface area (Å²) in [7, 11) is 0. The van der Waals surface area contributed by atoms with Crippen LogP contribution in [0.1, 0.15) is 29.9 Å². The Bertz CT molecular complexity index is 814. The van der Waals surface area contributed by atoms with E-state index in [0.717, 1.165) is 23.7 Å². The average Bonchev–Trinajstić information content (AvgIpc) is 2.93. The van der Waals surface area contributed by atoms with Crippen LogP contribution < -0.4 is 11.1 Å². The Hall–Kier alpha value is -3.10. The molecule has 1 atom stereocenters. The molecule has 0 aliphatic rings. The molecule has 4 N–H and O–H groups in total. The molecule has 3 aromatic rings. The lowest BCUT2D eigenvalue weighted by molar-refractivity contribution is 0.605. The van der Waals surface area contributed by atoms with Crippen molar-refractivity contribution < 1.29 is 4.39 Å². The number of nitrogens with zero attached hydrogens (tertiary/aromatic N) is 5. The molecule has 3 aromatic heterocycles. The zero-order chi connectivity index (χ0) is 16.4. The van der Waals surface area contributed by atoms with Gasteiger partial charge in [-0.1, -0.05) is 6.92 Å². The summed E-state index contributed by atoms with van der Waals surface area (Å²) in [6.45, 7) is 3.77. The molecule has 0 aromatic carbocycles. The van der Waals surface area contributed by atoms with Gasteiger partial charge in [0.2, 0.25) is 5.95 Å². The summed E-state index contributed by atoms with van der Waals surface area (Å²) in [6, 6.07) is 1.83. The van der Waals surface area contributed by atoms with Crippen LogP contribution in [0.15, 0.2) is 24.7 Å². The maximum absolute atomic E-state index is 13.0. The third-order valence-corrected chi connectivity index (χ3v) is 3.28. The van der Waals surface area contributed by atoms with E-state index in [9.17, 15) is 4.39 Å². The Balaban J connectivity index is 1.96. The number of hydrogen-bond donors (Lipinski definition) is 3. The highest BCUT2D eigenvalue weighted by molar-refractivity contribution is 5.58. The molecule has 8 nitrogen and oxygen atoms in total. The monoisotopic (exact) mass is 314 g/mol. The van der Waals surface area contributed by atoms with Gasteiger partial charge in [0.05, 0.1) is 12.4 Å². The fraction of sp³-hybridized carbons (Fsp3) is 0.214. The average molecular weight is 314 g/mol. The number of nitrogen functional groups attached to an aromatic ring is 1. The van der Waals surface area contributed by atoms with E-state index >= 15 is 0 Å². The van der Waals surface area contributed by atoms with E-state index < -0.39 is 5.82 Å². The molecule has 0 bridgehead atoms. The van der Waals surface area contributed by atoms with Gasteiger partial charge in [-0.25, -0.2) is 19.3 Å². The van der Waals surface area contributed by atoms with Crippen LogP contribution >= 0.6 is 0 Å². The summed E-state index contributed by atoms with van der Waals surface area (Å²) in [5.41, 5.74) is 7.31. The maximum Gasteiger partial charge on any atom is 0.221 e. The predicted molar refractivity (Wildman–Crippen MR) is 82.6 cm³/mol. The van der Waals surface area contributed by atoms with Crippen LogP contribution in [0.25, 0.3) is 0 Å². The van der Waals surface area contributed by atoms with E-state index in [-0.39, 0.29) is 11.9 Å². The third kappa shape index (κ3) is 3.23. The van der Waals surface area contributed by atoms with Crippen LogP contribution in [-0.4, -0.2) is 30.1 Å². The first-order valence-corrected chi connectivity index (χ1v) is 6.92. The lowest BCUT2D eigenvalue weighted by Crippen LogP contribution is -2.09. The Morgan fingerprint density at radius 3 is 2.61 bits per heavy atom. The molecular weight excluding hydrogens is 299 g/mol. The number of H-pyrrole nitrogens is 1. The molecule has 3 heterocycles. The van der Waals surface area contributed by atoms with Gasteiger partial charge in [0.25, 0.3) is 0 Å². The van der Waals surface area contributed by atoms with E-state index in [4.69, 9.17) is 5.73 Å². The van der Waals surface area contributed by atoms with Crippen molar-refractivity contribution in [3.63, 3.8) is 0 Å². The lowest BCUT2D eigenvalue weighted by Gasteiger charge is -2.14. The summed E-state index contributed by atoms with van der Waals surface area (Å²) in [5, 5.41) is 10.0. The number of aromatic amines is 1. The van der Waals surface area contributed by atoms with Crippen LogP contribution in [0.5, 0.6) is 0 Å². The van der Waals surface area contributed by atoms with Crippen molar-refractivity contribution in [2.24, 2.45) is 0 Å². The minimum Gasteiger partial charge on any atom is -0.368 e. The van der Waals surface area contributed by atoms with Gasteiger partial charge in [-0.05, 0) is 6.92 Å². The number of aryl methyl sites for hydroxylation is 1. The number of hydrogen-bond acceptors (Lipinski definition) is 7. The van der Waals surface area contributed by atoms with Gasteiger partial charge in [0, 0.05) is 29.4 Å². The summed E-state index contributed by atoms with van der Waals surface area (Å²) >= 11 is 0. The van der Waals surface area contributed by atoms with Crippen LogP contribution in [0, 0.1) is 12.7 Å². The highest BCUT2D eigenvalue weighted by Gasteiger charge is 2.18. The molecule has 0 aliphatic heterocycles. The number of nitrogens with one attached hydrogen (secondary N) is 2. The highest BCUT2D eigenvalue weighted by atomic mass is 19.1. The third-order valence-electron chi connectivity index (χ3n) is 3.28. The molecule has 3 rings (SSSR count). The Morgan fingerprint density at radius 1 is 1.22 bits per heavy atom. The molecule has 118 valence electrons. The molecule has 9 heteroatoms. The molecule has 0 saturated heterocycles. The minimum absolute atomic E-state index is 0.135. The number of rotatable bonds is 4. The second-order valence-corrected chi connectivity index (χ2v) is 5.07. The van der Waals surface area contributed by atoms with Crippen LogP contribution in [0.4, 0.5) is 22.0 Å². The van der Waals surface area contributed by atoms with Crippen LogP contribution in [0.3, 0.4) is 0 Å². The van der Waals surface area contributed by atoms with E-state index in [1.807, 2.05) is 19.9 Å². The molecule has 0 aliphatic carbocycles. The fourth-order valence-electron chi connectivity index (χ4n) is 2.11.